The Morgan fingerprint density at radius 3 is 2.38 bits per heavy atom. The molecule has 4 nitrogen and oxygen atoms in total. The minimum Gasteiger partial charge on any atom is -0.383 e. The van der Waals surface area contributed by atoms with Crippen LogP contribution in [0.1, 0.15) is 29.8 Å². The second-order valence-electron chi connectivity index (χ2n) is 6.97. The van der Waals surface area contributed by atoms with E-state index in [2.05, 4.69) is 30.1 Å². The molecule has 138 valence electrons. The fourth-order valence-electron chi connectivity index (χ4n) is 3.28. The molecule has 0 radical (unpaired) electrons. The van der Waals surface area contributed by atoms with Crippen molar-refractivity contribution in [3.63, 3.8) is 0 Å². The van der Waals surface area contributed by atoms with E-state index in [9.17, 15) is 9.18 Å². The van der Waals surface area contributed by atoms with Crippen LogP contribution in [0.4, 0.5) is 15.8 Å². The van der Waals surface area contributed by atoms with Crippen molar-refractivity contribution in [2.45, 2.75) is 26.6 Å². The Bertz CT molecular complexity index is 740. The van der Waals surface area contributed by atoms with Gasteiger partial charge in [0.1, 0.15) is 6.67 Å². The Morgan fingerprint density at radius 2 is 1.77 bits per heavy atom. The highest BCUT2D eigenvalue weighted by Crippen LogP contribution is 2.25. The normalized spacial score (nSPS) is 14.6. The highest BCUT2D eigenvalue weighted by molar-refractivity contribution is 5.94. The lowest BCUT2D eigenvalue weighted by Crippen LogP contribution is -2.48. The van der Waals surface area contributed by atoms with Crippen molar-refractivity contribution in [3.8, 4) is 0 Å². The number of anilines is 2. The summed E-state index contributed by atoms with van der Waals surface area (Å²) >= 11 is 0. The van der Waals surface area contributed by atoms with Gasteiger partial charge in [0.2, 0.25) is 0 Å². The van der Waals surface area contributed by atoms with Crippen molar-refractivity contribution >= 4 is 17.3 Å². The van der Waals surface area contributed by atoms with E-state index in [1.54, 1.807) is 0 Å². The molecule has 0 bridgehead atoms. The van der Waals surface area contributed by atoms with Gasteiger partial charge in [0.05, 0.1) is 0 Å². The van der Waals surface area contributed by atoms with Crippen LogP contribution in [0.2, 0.25) is 0 Å². The van der Waals surface area contributed by atoms with Crippen LogP contribution in [0.15, 0.2) is 48.5 Å². The number of rotatable bonds is 5. The summed E-state index contributed by atoms with van der Waals surface area (Å²) in [5, 5.41) is 3.35. The predicted molar refractivity (Wildman–Crippen MR) is 105 cm³/mol. The average molecular weight is 355 g/mol. The maximum absolute atomic E-state index is 13.2. The van der Waals surface area contributed by atoms with Crippen molar-refractivity contribution in [1.82, 2.24) is 4.90 Å². The van der Waals surface area contributed by atoms with Crippen LogP contribution in [0.5, 0.6) is 0 Å². The van der Waals surface area contributed by atoms with Crippen LogP contribution in [0.25, 0.3) is 0 Å². The van der Waals surface area contributed by atoms with Crippen LogP contribution < -0.4 is 10.2 Å². The summed E-state index contributed by atoms with van der Waals surface area (Å²) in [7, 11) is 0. The Morgan fingerprint density at radius 1 is 1.08 bits per heavy atom. The minimum atomic E-state index is -0.479. The lowest BCUT2D eigenvalue weighted by atomic mass is 10.1. The first-order valence-electron chi connectivity index (χ1n) is 9.12. The maximum atomic E-state index is 13.2. The zero-order valence-corrected chi connectivity index (χ0v) is 15.4. The topological polar surface area (TPSA) is 35.6 Å². The van der Waals surface area contributed by atoms with E-state index in [0.29, 0.717) is 18.7 Å². The summed E-state index contributed by atoms with van der Waals surface area (Å²) in [5.74, 6) is 0.0740. The van der Waals surface area contributed by atoms with Gasteiger partial charge in [-0.1, -0.05) is 18.2 Å². The number of piperazine rings is 1. The van der Waals surface area contributed by atoms with E-state index in [1.165, 1.54) is 0 Å². The van der Waals surface area contributed by atoms with Crippen molar-refractivity contribution < 1.29 is 9.18 Å². The highest BCUT2D eigenvalue weighted by Gasteiger charge is 2.22. The summed E-state index contributed by atoms with van der Waals surface area (Å²) in [5.41, 5.74) is 3.35. The number of hydrogen-bond acceptors (Lipinski definition) is 3. The van der Waals surface area contributed by atoms with E-state index in [-0.39, 0.29) is 11.9 Å². The molecule has 1 aliphatic heterocycles. The Balaban J connectivity index is 1.68. The first-order valence-corrected chi connectivity index (χ1v) is 9.12. The predicted octanol–water partition coefficient (Wildman–Crippen LogP) is 3.94. The van der Waals surface area contributed by atoms with Gasteiger partial charge >= 0.3 is 0 Å². The molecule has 0 saturated carbocycles. The van der Waals surface area contributed by atoms with Crippen molar-refractivity contribution in [2.24, 2.45) is 0 Å². The summed E-state index contributed by atoms with van der Waals surface area (Å²) in [4.78, 5) is 16.7. The number of benzene rings is 2. The maximum Gasteiger partial charge on any atom is 0.253 e. The average Bonchev–Trinajstić information content (AvgIpc) is 2.67. The molecule has 1 fully saturated rings. The van der Waals surface area contributed by atoms with E-state index >= 15 is 0 Å². The highest BCUT2D eigenvalue weighted by atomic mass is 19.1. The Kier molecular flexibility index (Phi) is 5.76. The van der Waals surface area contributed by atoms with Gasteiger partial charge in [-0.25, -0.2) is 4.39 Å². The van der Waals surface area contributed by atoms with Gasteiger partial charge in [0.15, 0.2) is 0 Å². The molecule has 2 aromatic carbocycles. The molecule has 1 aliphatic rings. The third kappa shape index (κ3) is 4.34. The minimum absolute atomic E-state index is 0.0740. The SMILES string of the molecule is CC(C)Nc1cc(CF)cc(N2CCN(C(=O)c3ccccc3)CC2)c1. The van der Waals surface area contributed by atoms with Crippen molar-refractivity contribution in [1.29, 1.82) is 0 Å². The molecule has 0 unspecified atom stereocenters. The largest absolute Gasteiger partial charge is 0.383 e. The number of nitrogens with zero attached hydrogens (tertiary/aromatic N) is 2. The smallest absolute Gasteiger partial charge is 0.253 e. The number of amides is 1. The molecular weight excluding hydrogens is 329 g/mol. The third-order valence-electron chi connectivity index (χ3n) is 4.54. The molecule has 0 spiro atoms. The first kappa shape index (κ1) is 18.2. The van der Waals surface area contributed by atoms with Gasteiger partial charge in [-0.15, -0.1) is 0 Å². The molecule has 1 N–H and O–H groups in total. The van der Waals surface area contributed by atoms with Crippen LogP contribution >= 0.6 is 0 Å². The lowest BCUT2D eigenvalue weighted by molar-refractivity contribution is 0.0747. The molecule has 0 aliphatic carbocycles. The molecule has 5 heteroatoms. The summed E-state index contributed by atoms with van der Waals surface area (Å²) in [6.45, 7) is 6.48. The second kappa shape index (κ2) is 8.21. The summed E-state index contributed by atoms with van der Waals surface area (Å²) in [6, 6.07) is 15.5. The van der Waals surface area contributed by atoms with E-state index in [4.69, 9.17) is 0 Å². The van der Waals surface area contributed by atoms with Gasteiger partial charge in [-0.05, 0) is 49.7 Å². The molecule has 26 heavy (non-hydrogen) atoms. The van der Waals surface area contributed by atoms with E-state index in [1.807, 2.05) is 47.4 Å². The van der Waals surface area contributed by atoms with Crippen LogP contribution in [0, 0.1) is 0 Å². The third-order valence-corrected chi connectivity index (χ3v) is 4.54. The number of nitrogens with one attached hydrogen (secondary N) is 1. The molecule has 1 amide bonds. The quantitative estimate of drug-likeness (QED) is 0.882. The molecule has 0 atom stereocenters. The van der Waals surface area contributed by atoms with Crippen LogP contribution in [-0.4, -0.2) is 43.0 Å². The lowest BCUT2D eigenvalue weighted by Gasteiger charge is -2.36. The number of carbonyl (C=O) groups excluding carboxylic acids is 1. The Hall–Kier alpha value is -2.56. The van der Waals surface area contributed by atoms with Crippen molar-refractivity contribution in [3.05, 3.63) is 59.7 Å². The second-order valence-corrected chi connectivity index (χ2v) is 6.97. The van der Waals surface area contributed by atoms with Crippen LogP contribution in [0.3, 0.4) is 0 Å². The van der Waals surface area contributed by atoms with Gasteiger partial charge < -0.3 is 15.1 Å². The number of halogens is 1. The van der Waals surface area contributed by atoms with Crippen LogP contribution in [-0.2, 0) is 6.67 Å². The van der Waals surface area contributed by atoms with Gasteiger partial charge in [0, 0.05) is 49.2 Å². The summed E-state index contributed by atoms with van der Waals surface area (Å²) < 4.78 is 13.2. The molecule has 2 aromatic rings. The van der Waals surface area contributed by atoms with Crippen molar-refractivity contribution in [2.75, 3.05) is 36.4 Å². The Labute approximate surface area is 154 Å². The molecular formula is C21H26FN3O. The fourth-order valence-corrected chi connectivity index (χ4v) is 3.28. The molecule has 3 rings (SSSR count). The zero-order valence-electron chi connectivity index (χ0n) is 15.4. The molecule has 1 saturated heterocycles. The number of alkyl halides is 1. The van der Waals surface area contributed by atoms with Gasteiger partial charge in [0.25, 0.3) is 5.91 Å². The number of carbonyl (C=O) groups is 1. The standard InChI is InChI=1S/C21H26FN3O/c1-16(2)23-19-12-17(15-22)13-20(14-19)24-8-10-25(11-9-24)21(26)18-6-4-3-5-7-18/h3-7,12-14,16,23H,8-11,15H2,1-2H3. The monoisotopic (exact) mass is 355 g/mol. The molecule has 1 heterocycles. The molecule has 0 aromatic heterocycles. The summed E-state index contributed by atoms with van der Waals surface area (Å²) in [6.07, 6.45) is 0. The van der Waals surface area contributed by atoms with E-state index in [0.717, 1.165) is 30.0 Å². The first-order chi connectivity index (χ1) is 12.6. The zero-order chi connectivity index (χ0) is 18.5. The van der Waals surface area contributed by atoms with Gasteiger partial charge in [-0.2, -0.15) is 0 Å². The fraction of sp³-hybridized carbons (Fsp3) is 0.381. The number of hydrogen-bond donors (Lipinski definition) is 1. The van der Waals surface area contributed by atoms with Gasteiger partial charge in [-0.3, -0.25) is 4.79 Å². The van der Waals surface area contributed by atoms with E-state index < -0.39 is 6.67 Å².